The highest BCUT2D eigenvalue weighted by Crippen LogP contribution is 2.52. The molecule has 1 aliphatic heterocycles. The average molecular weight is 298 g/mol. The molecule has 5 nitrogen and oxygen atoms in total. The summed E-state index contributed by atoms with van der Waals surface area (Å²) in [4.78, 5) is 11.9. The molecule has 1 aromatic rings. The minimum absolute atomic E-state index is 0.0872. The second-order valence-electron chi connectivity index (χ2n) is 4.66. The molecule has 0 amide bonds. The van der Waals surface area contributed by atoms with E-state index in [1.807, 2.05) is 0 Å². The Morgan fingerprint density at radius 1 is 1.45 bits per heavy atom. The zero-order valence-electron chi connectivity index (χ0n) is 11.4. The van der Waals surface area contributed by atoms with E-state index in [2.05, 4.69) is 0 Å². The third kappa shape index (κ3) is 3.01. The third-order valence-electron chi connectivity index (χ3n) is 3.35. The molecule has 0 spiro atoms. The number of rotatable bonds is 5. The van der Waals surface area contributed by atoms with Crippen LogP contribution in [-0.4, -0.2) is 36.6 Å². The molecule has 0 radical (unpaired) electrons. The summed E-state index contributed by atoms with van der Waals surface area (Å²) in [7, 11) is -3.51. The standard InChI is InChI=1S/C14H19O5P/c1-2-19-20(17,11-6-4-3-5-7-11)14(16)12-10-18-9-8-13(12)15/h3-7,12,14,16H,2,8-10H2,1H3/t12-,14+,20-/m1/s1. The topological polar surface area (TPSA) is 72.8 Å². The summed E-state index contributed by atoms with van der Waals surface area (Å²) in [6, 6.07) is 8.54. The molecule has 1 N–H and O–H groups in total. The zero-order chi connectivity index (χ0) is 14.6. The van der Waals surface area contributed by atoms with Gasteiger partial charge in [0, 0.05) is 11.7 Å². The van der Waals surface area contributed by atoms with Crippen molar-refractivity contribution in [1.29, 1.82) is 0 Å². The van der Waals surface area contributed by atoms with Crippen LogP contribution < -0.4 is 5.30 Å². The molecule has 0 saturated carbocycles. The summed E-state index contributed by atoms with van der Waals surface area (Å²) in [5, 5.41) is 10.9. The van der Waals surface area contributed by atoms with Crippen molar-refractivity contribution in [3.63, 3.8) is 0 Å². The molecule has 1 fully saturated rings. The van der Waals surface area contributed by atoms with Crippen molar-refractivity contribution in [2.75, 3.05) is 19.8 Å². The van der Waals surface area contributed by atoms with Crippen molar-refractivity contribution >= 4 is 18.5 Å². The van der Waals surface area contributed by atoms with Gasteiger partial charge in [0.05, 0.1) is 25.7 Å². The van der Waals surface area contributed by atoms with Gasteiger partial charge in [0.25, 0.3) is 7.37 Å². The SMILES string of the molecule is CCO[P@](=O)(c1ccccc1)[C@H](O)[C@@H]1COCCC1=O. The van der Waals surface area contributed by atoms with Crippen LogP contribution in [-0.2, 0) is 18.6 Å². The van der Waals surface area contributed by atoms with Gasteiger partial charge in [-0.05, 0) is 19.1 Å². The first-order chi connectivity index (χ1) is 9.59. The Balaban J connectivity index is 2.32. The van der Waals surface area contributed by atoms with Crippen molar-refractivity contribution in [3.05, 3.63) is 30.3 Å². The van der Waals surface area contributed by atoms with Crippen molar-refractivity contribution in [1.82, 2.24) is 0 Å². The summed E-state index contributed by atoms with van der Waals surface area (Å²) >= 11 is 0. The van der Waals surface area contributed by atoms with Gasteiger partial charge >= 0.3 is 0 Å². The fourth-order valence-electron chi connectivity index (χ4n) is 2.28. The fraction of sp³-hybridized carbons (Fsp3) is 0.500. The number of carbonyl (C=O) groups is 1. The Bertz CT molecular complexity index is 502. The van der Waals surface area contributed by atoms with Crippen molar-refractivity contribution in [2.24, 2.45) is 5.92 Å². The highest BCUT2D eigenvalue weighted by Gasteiger charge is 2.43. The summed E-state index contributed by atoms with van der Waals surface area (Å²) in [5.74, 6) is -2.28. The van der Waals surface area contributed by atoms with Gasteiger partial charge in [-0.1, -0.05) is 18.2 Å². The van der Waals surface area contributed by atoms with E-state index in [0.717, 1.165) is 0 Å². The lowest BCUT2D eigenvalue weighted by Crippen LogP contribution is -2.38. The first-order valence-corrected chi connectivity index (χ1v) is 8.37. The number of benzene rings is 1. The monoisotopic (exact) mass is 298 g/mol. The van der Waals surface area contributed by atoms with E-state index >= 15 is 0 Å². The molecule has 20 heavy (non-hydrogen) atoms. The molecule has 1 aromatic carbocycles. The van der Waals surface area contributed by atoms with Crippen LogP contribution in [0.3, 0.4) is 0 Å². The number of ketones is 1. The van der Waals surface area contributed by atoms with Gasteiger partial charge in [-0.25, -0.2) is 0 Å². The van der Waals surface area contributed by atoms with Gasteiger partial charge in [0.2, 0.25) is 0 Å². The normalized spacial score (nSPS) is 24.1. The maximum atomic E-state index is 13.1. The van der Waals surface area contributed by atoms with E-state index in [4.69, 9.17) is 9.26 Å². The highest BCUT2D eigenvalue weighted by atomic mass is 31.2. The predicted molar refractivity (Wildman–Crippen MR) is 75.2 cm³/mol. The number of hydrogen-bond donors (Lipinski definition) is 1. The maximum absolute atomic E-state index is 13.1. The van der Waals surface area contributed by atoms with E-state index in [0.29, 0.717) is 11.9 Å². The van der Waals surface area contributed by atoms with Crippen LogP contribution in [0.15, 0.2) is 30.3 Å². The number of hydrogen-bond acceptors (Lipinski definition) is 5. The molecule has 1 aliphatic rings. The maximum Gasteiger partial charge on any atom is 0.260 e. The first kappa shape index (κ1) is 15.4. The number of carbonyl (C=O) groups excluding carboxylic acids is 1. The molecule has 6 heteroatoms. The van der Waals surface area contributed by atoms with Gasteiger partial charge in [-0.2, -0.15) is 0 Å². The third-order valence-corrected chi connectivity index (χ3v) is 6.07. The minimum Gasteiger partial charge on any atom is -0.382 e. The molecule has 0 aromatic heterocycles. The van der Waals surface area contributed by atoms with E-state index < -0.39 is 19.1 Å². The highest BCUT2D eigenvalue weighted by molar-refractivity contribution is 7.67. The predicted octanol–water partition coefficient (Wildman–Crippen LogP) is 1.55. The minimum atomic E-state index is -3.51. The van der Waals surface area contributed by atoms with Crippen molar-refractivity contribution < 1.29 is 23.7 Å². The van der Waals surface area contributed by atoms with Gasteiger partial charge in [0.1, 0.15) is 11.6 Å². The molecule has 2 rings (SSSR count). The Labute approximate surface area is 118 Å². The molecule has 1 saturated heterocycles. The summed E-state index contributed by atoms with van der Waals surface area (Å²) < 4.78 is 23.7. The lowest BCUT2D eigenvalue weighted by molar-refractivity contribution is -0.133. The van der Waals surface area contributed by atoms with Crippen LogP contribution in [0, 0.1) is 5.92 Å². The number of Topliss-reactive ketones (excluding diaryl/α,β-unsaturated/α-hetero) is 1. The molecule has 0 aliphatic carbocycles. The number of aliphatic hydroxyl groups excluding tert-OH is 1. The van der Waals surface area contributed by atoms with Gasteiger partial charge < -0.3 is 14.4 Å². The summed E-state index contributed by atoms with van der Waals surface area (Å²) in [6.07, 6.45) is 0.239. The van der Waals surface area contributed by atoms with Crippen LogP contribution >= 0.6 is 7.37 Å². The van der Waals surface area contributed by atoms with Crippen LogP contribution in [0.1, 0.15) is 13.3 Å². The lowest BCUT2D eigenvalue weighted by Gasteiger charge is -2.31. The van der Waals surface area contributed by atoms with Crippen LogP contribution in [0.25, 0.3) is 0 Å². The van der Waals surface area contributed by atoms with Gasteiger partial charge in [-0.15, -0.1) is 0 Å². The molecule has 1 heterocycles. The Hall–Kier alpha value is -1.00. The Morgan fingerprint density at radius 2 is 2.15 bits per heavy atom. The lowest BCUT2D eigenvalue weighted by atomic mass is 10.0. The Morgan fingerprint density at radius 3 is 2.75 bits per heavy atom. The van der Waals surface area contributed by atoms with Gasteiger partial charge in [0.15, 0.2) is 0 Å². The number of aliphatic hydroxyl groups is 1. The Kier molecular flexibility index (Phi) is 5.11. The number of ether oxygens (including phenoxy) is 1. The van der Waals surface area contributed by atoms with E-state index in [-0.39, 0.29) is 25.4 Å². The molecular weight excluding hydrogens is 279 g/mol. The largest absolute Gasteiger partial charge is 0.382 e. The van der Waals surface area contributed by atoms with Gasteiger partial charge in [-0.3, -0.25) is 9.36 Å². The second kappa shape index (κ2) is 6.64. The quantitative estimate of drug-likeness (QED) is 0.835. The molecule has 0 unspecified atom stereocenters. The van der Waals surface area contributed by atoms with E-state index in [1.165, 1.54) is 0 Å². The molecule has 3 atom stereocenters. The van der Waals surface area contributed by atoms with Crippen LogP contribution in [0.2, 0.25) is 0 Å². The smallest absolute Gasteiger partial charge is 0.260 e. The molecule has 110 valence electrons. The van der Waals surface area contributed by atoms with E-state index in [9.17, 15) is 14.5 Å². The fourth-order valence-corrected chi connectivity index (χ4v) is 4.59. The van der Waals surface area contributed by atoms with Crippen LogP contribution in [0.5, 0.6) is 0 Å². The zero-order valence-corrected chi connectivity index (χ0v) is 12.3. The van der Waals surface area contributed by atoms with Crippen LogP contribution in [0.4, 0.5) is 0 Å². The van der Waals surface area contributed by atoms with Crippen molar-refractivity contribution in [2.45, 2.75) is 19.2 Å². The van der Waals surface area contributed by atoms with E-state index in [1.54, 1.807) is 37.3 Å². The van der Waals surface area contributed by atoms with Crippen molar-refractivity contribution in [3.8, 4) is 0 Å². The molecular formula is C14H19O5P. The average Bonchev–Trinajstić information content (AvgIpc) is 2.48. The summed E-state index contributed by atoms with van der Waals surface area (Å²) in [6.45, 7) is 2.35. The molecule has 0 bridgehead atoms. The first-order valence-electron chi connectivity index (χ1n) is 6.68. The summed E-state index contributed by atoms with van der Waals surface area (Å²) in [5.41, 5.74) is 0. The second-order valence-corrected chi connectivity index (χ2v) is 7.16.